The maximum Gasteiger partial charge on any atom is 0.279 e. The quantitative estimate of drug-likeness (QED) is 0.454. The van der Waals surface area contributed by atoms with Crippen LogP contribution in [0.4, 0.5) is 0 Å². The Morgan fingerprint density at radius 1 is 0.968 bits per heavy atom. The van der Waals surface area contributed by atoms with Crippen LogP contribution in [0, 0.1) is 0 Å². The fourth-order valence-corrected chi connectivity index (χ4v) is 4.07. The highest BCUT2D eigenvalue weighted by atomic mass is 35.5. The first-order valence-corrected chi connectivity index (χ1v) is 10.5. The highest BCUT2D eigenvalue weighted by Crippen LogP contribution is 2.25. The lowest BCUT2D eigenvalue weighted by Crippen LogP contribution is -2.27. The molecule has 0 saturated carbocycles. The summed E-state index contributed by atoms with van der Waals surface area (Å²) in [6.07, 6.45) is 3.36. The summed E-state index contributed by atoms with van der Waals surface area (Å²) in [5.74, 6) is -0.562. The molecular formula is C24H20Cl2N2O3. The Balaban J connectivity index is 2.00. The SMILES string of the molecule is CC(C)c1cn(Cc2cccc(Cl)c2)c(=O)c2c(O)c(=O)c(-c3cccc(Cl)c3)cn12. The van der Waals surface area contributed by atoms with Gasteiger partial charge in [-0.25, -0.2) is 0 Å². The zero-order chi connectivity index (χ0) is 22.3. The first kappa shape index (κ1) is 21.2. The van der Waals surface area contributed by atoms with E-state index in [4.69, 9.17) is 23.2 Å². The summed E-state index contributed by atoms with van der Waals surface area (Å²) in [5.41, 5.74) is 1.32. The first-order valence-electron chi connectivity index (χ1n) is 9.78. The number of hydrogen-bond acceptors (Lipinski definition) is 3. The minimum atomic E-state index is -0.616. The third-order valence-corrected chi connectivity index (χ3v) is 5.65. The number of nitrogens with zero attached hydrogens (tertiary/aromatic N) is 2. The lowest BCUT2D eigenvalue weighted by atomic mass is 10.1. The van der Waals surface area contributed by atoms with Crippen molar-refractivity contribution in [2.45, 2.75) is 26.3 Å². The van der Waals surface area contributed by atoms with Crippen LogP contribution in [0.3, 0.4) is 0 Å². The molecule has 0 fully saturated rings. The van der Waals surface area contributed by atoms with Crippen LogP contribution in [0.25, 0.3) is 16.6 Å². The van der Waals surface area contributed by atoms with Gasteiger partial charge in [0.2, 0.25) is 5.43 Å². The van der Waals surface area contributed by atoms with Crippen LogP contribution in [-0.2, 0) is 6.54 Å². The lowest BCUT2D eigenvalue weighted by molar-refractivity contribution is 0.472. The normalized spacial score (nSPS) is 11.4. The minimum Gasteiger partial charge on any atom is -0.503 e. The van der Waals surface area contributed by atoms with Gasteiger partial charge in [0.05, 0.1) is 6.54 Å². The van der Waals surface area contributed by atoms with Gasteiger partial charge in [0.25, 0.3) is 5.56 Å². The Kier molecular flexibility index (Phi) is 5.65. The van der Waals surface area contributed by atoms with Crippen molar-refractivity contribution in [2.75, 3.05) is 0 Å². The van der Waals surface area contributed by atoms with Crippen molar-refractivity contribution in [1.29, 1.82) is 0 Å². The van der Waals surface area contributed by atoms with E-state index in [9.17, 15) is 14.7 Å². The summed E-state index contributed by atoms with van der Waals surface area (Å²) >= 11 is 12.2. The molecule has 7 heteroatoms. The third kappa shape index (κ3) is 3.99. The van der Waals surface area contributed by atoms with E-state index in [0.29, 0.717) is 15.6 Å². The summed E-state index contributed by atoms with van der Waals surface area (Å²) in [7, 11) is 0. The molecule has 0 amide bonds. The van der Waals surface area contributed by atoms with E-state index in [0.717, 1.165) is 11.3 Å². The third-order valence-electron chi connectivity index (χ3n) is 5.18. The molecule has 2 aromatic heterocycles. The predicted octanol–water partition coefficient (Wildman–Crippen LogP) is 5.31. The molecule has 1 N–H and O–H groups in total. The van der Waals surface area contributed by atoms with Gasteiger partial charge in [0.1, 0.15) is 0 Å². The maximum atomic E-state index is 13.3. The lowest BCUT2D eigenvalue weighted by Gasteiger charge is -2.18. The van der Waals surface area contributed by atoms with E-state index in [2.05, 4.69) is 0 Å². The molecule has 2 heterocycles. The van der Waals surface area contributed by atoms with E-state index in [1.165, 1.54) is 4.57 Å². The van der Waals surface area contributed by atoms with Gasteiger partial charge < -0.3 is 14.1 Å². The molecule has 4 aromatic rings. The summed E-state index contributed by atoms with van der Waals surface area (Å²) in [5, 5.41) is 11.8. The molecule has 0 bridgehead atoms. The predicted molar refractivity (Wildman–Crippen MR) is 125 cm³/mol. The molecule has 0 saturated heterocycles. The number of aromatic nitrogens is 2. The Labute approximate surface area is 188 Å². The highest BCUT2D eigenvalue weighted by molar-refractivity contribution is 6.31. The number of aromatic hydroxyl groups is 1. The Morgan fingerprint density at radius 3 is 2.29 bits per heavy atom. The topological polar surface area (TPSA) is 63.7 Å². The second-order valence-electron chi connectivity index (χ2n) is 7.72. The number of rotatable bonds is 4. The van der Waals surface area contributed by atoms with Crippen LogP contribution < -0.4 is 11.0 Å². The minimum absolute atomic E-state index is 0.0165. The largest absolute Gasteiger partial charge is 0.503 e. The van der Waals surface area contributed by atoms with Crippen molar-refractivity contribution < 1.29 is 5.11 Å². The second-order valence-corrected chi connectivity index (χ2v) is 8.59. The van der Waals surface area contributed by atoms with Crippen molar-refractivity contribution in [1.82, 2.24) is 8.97 Å². The monoisotopic (exact) mass is 454 g/mol. The molecule has 31 heavy (non-hydrogen) atoms. The van der Waals surface area contributed by atoms with E-state index >= 15 is 0 Å². The van der Waals surface area contributed by atoms with Crippen molar-refractivity contribution >= 4 is 28.7 Å². The molecule has 0 spiro atoms. The van der Waals surface area contributed by atoms with Crippen LogP contribution in [0.1, 0.15) is 31.0 Å². The molecule has 4 rings (SSSR count). The number of benzene rings is 2. The summed E-state index contributed by atoms with van der Waals surface area (Å²) in [4.78, 5) is 26.2. The Bertz CT molecular complexity index is 1420. The van der Waals surface area contributed by atoms with Gasteiger partial charge >= 0.3 is 0 Å². The molecule has 0 atom stereocenters. The molecular weight excluding hydrogens is 435 g/mol. The number of fused-ring (bicyclic) bond motifs is 1. The molecule has 0 radical (unpaired) electrons. The van der Waals surface area contributed by atoms with Crippen molar-refractivity contribution in [3.63, 3.8) is 0 Å². The van der Waals surface area contributed by atoms with Crippen molar-refractivity contribution in [3.8, 4) is 16.9 Å². The molecule has 0 aliphatic rings. The molecule has 158 valence electrons. The van der Waals surface area contributed by atoms with E-state index in [1.54, 1.807) is 53.2 Å². The second kappa shape index (κ2) is 8.25. The average molecular weight is 455 g/mol. The first-order chi connectivity index (χ1) is 14.8. The van der Waals surface area contributed by atoms with Crippen molar-refractivity contribution in [3.05, 3.63) is 103 Å². The van der Waals surface area contributed by atoms with E-state index in [-0.39, 0.29) is 23.5 Å². The Hall–Kier alpha value is -3.02. The summed E-state index contributed by atoms with van der Waals surface area (Å²) in [6, 6.07) is 14.0. The molecule has 2 aromatic carbocycles. The van der Waals surface area contributed by atoms with Gasteiger partial charge in [0.15, 0.2) is 11.3 Å². The van der Waals surface area contributed by atoms with Gasteiger partial charge in [-0.05, 0) is 41.3 Å². The molecule has 0 unspecified atom stereocenters. The van der Waals surface area contributed by atoms with Crippen LogP contribution in [-0.4, -0.2) is 14.1 Å². The highest BCUT2D eigenvalue weighted by Gasteiger charge is 2.19. The van der Waals surface area contributed by atoms with Crippen LogP contribution in [0.15, 0.2) is 70.5 Å². The van der Waals surface area contributed by atoms with Gasteiger partial charge in [-0.15, -0.1) is 0 Å². The van der Waals surface area contributed by atoms with Crippen molar-refractivity contribution in [2.24, 2.45) is 0 Å². The number of pyridine rings is 1. The van der Waals surface area contributed by atoms with Gasteiger partial charge in [-0.1, -0.05) is 61.3 Å². The summed E-state index contributed by atoms with van der Waals surface area (Å²) in [6.45, 7) is 4.23. The Morgan fingerprint density at radius 2 is 1.65 bits per heavy atom. The van der Waals surface area contributed by atoms with Crippen LogP contribution in [0.5, 0.6) is 5.75 Å². The maximum absolute atomic E-state index is 13.3. The van der Waals surface area contributed by atoms with Crippen LogP contribution >= 0.6 is 23.2 Å². The zero-order valence-electron chi connectivity index (χ0n) is 17.0. The number of halogens is 2. The van der Waals surface area contributed by atoms with Crippen LogP contribution in [0.2, 0.25) is 10.0 Å². The smallest absolute Gasteiger partial charge is 0.279 e. The zero-order valence-corrected chi connectivity index (χ0v) is 18.5. The van der Waals surface area contributed by atoms with Gasteiger partial charge in [-0.3, -0.25) is 9.59 Å². The molecule has 5 nitrogen and oxygen atoms in total. The fraction of sp³-hybridized carbons (Fsp3) is 0.167. The molecule has 0 aliphatic carbocycles. The fourth-order valence-electron chi connectivity index (χ4n) is 3.66. The van der Waals surface area contributed by atoms with Gasteiger partial charge in [0, 0.05) is 33.7 Å². The van der Waals surface area contributed by atoms with E-state index < -0.39 is 16.7 Å². The molecule has 0 aliphatic heterocycles. The number of hydrogen-bond donors (Lipinski definition) is 1. The average Bonchev–Trinajstić information content (AvgIpc) is 2.72. The van der Waals surface area contributed by atoms with E-state index in [1.807, 2.05) is 26.0 Å². The van der Waals surface area contributed by atoms with Gasteiger partial charge in [-0.2, -0.15) is 0 Å². The summed E-state index contributed by atoms with van der Waals surface area (Å²) < 4.78 is 3.10. The standard InChI is InChI=1S/C24H20Cl2N2O3/c1-14(2)20-13-27(11-15-5-3-7-17(25)9-15)24(31)21-23(30)22(29)19(12-28(20)21)16-6-4-8-18(26)10-16/h3-10,12-14,30H,11H2,1-2H3.